The zero-order chi connectivity index (χ0) is 19.0. The van der Waals surface area contributed by atoms with Gasteiger partial charge in [-0.05, 0) is 42.7 Å². The Kier molecular flexibility index (Phi) is 4.56. The van der Waals surface area contributed by atoms with Crippen LogP contribution in [0.15, 0.2) is 42.5 Å². The van der Waals surface area contributed by atoms with Crippen LogP contribution in [0.1, 0.15) is 18.4 Å². The fourth-order valence-electron chi connectivity index (χ4n) is 3.86. The highest BCUT2D eigenvalue weighted by molar-refractivity contribution is 5.99. The van der Waals surface area contributed by atoms with Gasteiger partial charge in [0.2, 0.25) is 11.8 Å². The molecule has 2 heterocycles. The van der Waals surface area contributed by atoms with E-state index in [4.69, 9.17) is 0 Å². The van der Waals surface area contributed by atoms with Crippen molar-refractivity contribution in [1.82, 2.24) is 0 Å². The quantitative estimate of drug-likeness (QED) is 0.906. The summed E-state index contributed by atoms with van der Waals surface area (Å²) in [6, 6.07) is 12.3. The smallest absolute Gasteiger partial charge is 0.227 e. The van der Waals surface area contributed by atoms with Crippen molar-refractivity contribution in [2.24, 2.45) is 5.92 Å². The van der Waals surface area contributed by atoms with E-state index in [2.05, 4.69) is 5.32 Å². The van der Waals surface area contributed by atoms with Gasteiger partial charge in [-0.2, -0.15) is 0 Å². The van der Waals surface area contributed by atoms with Crippen molar-refractivity contribution >= 4 is 28.9 Å². The van der Waals surface area contributed by atoms with Crippen molar-refractivity contribution in [3.8, 4) is 0 Å². The van der Waals surface area contributed by atoms with E-state index in [1.165, 1.54) is 12.1 Å². The number of hydrogen-bond donors (Lipinski definition) is 1. The fourth-order valence-corrected chi connectivity index (χ4v) is 3.86. The maximum atomic E-state index is 13.6. The minimum atomic E-state index is -0.313. The molecule has 0 spiro atoms. The Morgan fingerprint density at radius 3 is 2.85 bits per heavy atom. The van der Waals surface area contributed by atoms with E-state index < -0.39 is 0 Å². The van der Waals surface area contributed by atoms with Crippen LogP contribution in [0.4, 0.5) is 21.5 Å². The summed E-state index contributed by atoms with van der Waals surface area (Å²) >= 11 is 0. The SMILES string of the molecule is CN1CCN(C(=O)CCC2Cc3ccccc3NC2=O)c2ccc(F)cc21. The molecule has 2 amide bonds. The van der Waals surface area contributed by atoms with Gasteiger partial charge in [0.25, 0.3) is 0 Å². The van der Waals surface area contributed by atoms with Crippen LogP contribution in [-0.4, -0.2) is 32.0 Å². The van der Waals surface area contributed by atoms with Crippen molar-refractivity contribution in [2.45, 2.75) is 19.3 Å². The molecule has 0 aromatic heterocycles. The molecule has 1 unspecified atom stereocenters. The molecule has 0 bridgehead atoms. The number of halogens is 1. The summed E-state index contributed by atoms with van der Waals surface area (Å²) in [5.41, 5.74) is 3.42. The summed E-state index contributed by atoms with van der Waals surface area (Å²) in [5.74, 6) is -0.568. The highest BCUT2D eigenvalue weighted by atomic mass is 19.1. The number of nitrogens with zero attached hydrogens (tertiary/aromatic N) is 2. The molecule has 2 aromatic rings. The van der Waals surface area contributed by atoms with Crippen molar-refractivity contribution in [1.29, 1.82) is 0 Å². The van der Waals surface area contributed by atoms with Gasteiger partial charge >= 0.3 is 0 Å². The number of para-hydroxylation sites is 1. The summed E-state index contributed by atoms with van der Waals surface area (Å²) in [4.78, 5) is 28.8. The fraction of sp³-hybridized carbons (Fsp3) is 0.333. The van der Waals surface area contributed by atoms with E-state index >= 15 is 0 Å². The van der Waals surface area contributed by atoms with Gasteiger partial charge in [0.05, 0.1) is 11.4 Å². The van der Waals surface area contributed by atoms with Crippen LogP contribution in [0.2, 0.25) is 0 Å². The molecule has 0 saturated heterocycles. The molecule has 0 fully saturated rings. The number of rotatable bonds is 3. The monoisotopic (exact) mass is 367 g/mol. The lowest BCUT2D eigenvalue weighted by Gasteiger charge is -2.36. The number of anilines is 3. The van der Waals surface area contributed by atoms with Crippen LogP contribution in [0.5, 0.6) is 0 Å². The third-order valence-electron chi connectivity index (χ3n) is 5.42. The molecular weight excluding hydrogens is 345 g/mol. The Morgan fingerprint density at radius 2 is 2.00 bits per heavy atom. The molecule has 2 aliphatic rings. The van der Waals surface area contributed by atoms with Gasteiger partial charge in [-0.25, -0.2) is 4.39 Å². The summed E-state index contributed by atoms with van der Waals surface area (Å²) in [5, 5.41) is 2.93. The number of amides is 2. The number of carbonyl (C=O) groups is 2. The molecule has 1 N–H and O–H groups in total. The van der Waals surface area contributed by atoms with Gasteiger partial charge in [-0.1, -0.05) is 18.2 Å². The molecule has 2 aromatic carbocycles. The largest absolute Gasteiger partial charge is 0.371 e. The maximum absolute atomic E-state index is 13.6. The number of carbonyl (C=O) groups excluding carboxylic acids is 2. The van der Waals surface area contributed by atoms with Crippen LogP contribution in [-0.2, 0) is 16.0 Å². The molecule has 27 heavy (non-hydrogen) atoms. The van der Waals surface area contributed by atoms with E-state index in [-0.39, 0.29) is 23.5 Å². The molecule has 6 heteroatoms. The predicted molar refractivity (Wildman–Crippen MR) is 104 cm³/mol. The van der Waals surface area contributed by atoms with Crippen molar-refractivity contribution in [3.05, 3.63) is 53.8 Å². The van der Waals surface area contributed by atoms with E-state index in [0.29, 0.717) is 32.4 Å². The maximum Gasteiger partial charge on any atom is 0.227 e. The van der Waals surface area contributed by atoms with E-state index in [1.807, 2.05) is 36.2 Å². The lowest BCUT2D eigenvalue weighted by Crippen LogP contribution is -2.43. The van der Waals surface area contributed by atoms with Crippen LogP contribution in [0.25, 0.3) is 0 Å². The van der Waals surface area contributed by atoms with E-state index in [9.17, 15) is 14.0 Å². The Hall–Kier alpha value is -2.89. The van der Waals surface area contributed by atoms with Gasteiger partial charge in [-0.15, -0.1) is 0 Å². The standard InChI is InChI=1S/C21H22FN3O2/c1-24-10-11-25(18-8-7-16(22)13-19(18)24)20(26)9-6-15-12-14-4-2-3-5-17(14)23-21(15)27/h2-5,7-8,13,15H,6,9-12H2,1H3,(H,23,27). The first-order valence-corrected chi connectivity index (χ1v) is 9.23. The number of nitrogens with one attached hydrogen (secondary N) is 1. The summed E-state index contributed by atoms with van der Waals surface area (Å²) in [7, 11) is 1.89. The first-order chi connectivity index (χ1) is 13.0. The lowest BCUT2D eigenvalue weighted by molar-refractivity contribution is -0.121. The first-order valence-electron chi connectivity index (χ1n) is 9.23. The molecular formula is C21H22FN3O2. The van der Waals surface area contributed by atoms with Gasteiger partial charge in [0, 0.05) is 38.2 Å². The minimum absolute atomic E-state index is 0.0254. The summed E-state index contributed by atoms with van der Waals surface area (Å²) in [6.07, 6.45) is 1.45. The van der Waals surface area contributed by atoms with Gasteiger partial charge in [0.1, 0.15) is 5.82 Å². The Bertz CT molecular complexity index is 899. The topological polar surface area (TPSA) is 52.6 Å². The van der Waals surface area contributed by atoms with Gasteiger partial charge < -0.3 is 15.1 Å². The average molecular weight is 367 g/mol. The molecule has 4 rings (SSSR count). The second-order valence-corrected chi connectivity index (χ2v) is 7.19. The number of fused-ring (bicyclic) bond motifs is 2. The zero-order valence-corrected chi connectivity index (χ0v) is 15.2. The number of benzene rings is 2. The van der Waals surface area contributed by atoms with Crippen molar-refractivity contribution in [3.63, 3.8) is 0 Å². The summed E-state index contributed by atoms with van der Waals surface area (Å²) < 4.78 is 13.6. The van der Waals surface area contributed by atoms with Crippen LogP contribution < -0.4 is 15.1 Å². The Labute approximate surface area is 157 Å². The van der Waals surface area contributed by atoms with Gasteiger partial charge in [-0.3, -0.25) is 9.59 Å². The minimum Gasteiger partial charge on any atom is -0.371 e. The zero-order valence-electron chi connectivity index (χ0n) is 15.2. The Morgan fingerprint density at radius 1 is 1.19 bits per heavy atom. The van der Waals surface area contributed by atoms with E-state index in [1.54, 1.807) is 11.0 Å². The second kappa shape index (κ2) is 7.02. The third kappa shape index (κ3) is 3.39. The predicted octanol–water partition coefficient (Wildman–Crippen LogP) is 3.20. The van der Waals surface area contributed by atoms with Crippen LogP contribution >= 0.6 is 0 Å². The molecule has 2 aliphatic heterocycles. The number of hydrogen-bond acceptors (Lipinski definition) is 3. The number of likely N-dealkylation sites (N-methyl/N-ethyl adjacent to an activating group) is 1. The molecule has 0 aliphatic carbocycles. The average Bonchev–Trinajstić information content (AvgIpc) is 2.66. The van der Waals surface area contributed by atoms with Crippen LogP contribution in [0, 0.1) is 11.7 Å². The second-order valence-electron chi connectivity index (χ2n) is 7.19. The van der Waals surface area contributed by atoms with Gasteiger partial charge in [0.15, 0.2) is 0 Å². The highest BCUT2D eigenvalue weighted by Gasteiger charge is 2.29. The normalized spacial score (nSPS) is 18.6. The van der Waals surface area contributed by atoms with Crippen molar-refractivity contribution < 1.29 is 14.0 Å². The van der Waals surface area contributed by atoms with Crippen LogP contribution in [0.3, 0.4) is 0 Å². The lowest BCUT2D eigenvalue weighted by atomic mass is 9.89. The first kappa shape index (κ1) is 17.5. The molecule has 140 valence electrons. The molecule has 0 radical (unpaired) electrons. The Balaban J connectivity index is 1.45. The highest BCUT2D eigenvalue weighted by Crippen LogP contribution is 2.34. The third-order valence-corrected chi connectivity index (χ3v) is 5.42. The molecule has 1 atom stereocenters. The molecule has 5 nitrogen and oxygen atoms in total. The van der Waals surface area contributed by atoms with E-state index in [0.717, 1.165) is 22.6 Å². The molecule has 0 saturated carbocycles. The summed E-state index contributed by atoms with van der Waals surface area (Å²) in [6.45, 7) is 1.22. The van der Waals surface area contributed by atoms with Crippen molar-refractivity contribution in [2.75, 3.05) is 35.3 Å².